The molecule has 170 valence electrons. The molecule has 3 aliphatic rings. The van der Waals surface area contributed by atoms with Gasteiger partial charge in [0.1, 0.15) is 5.92 Å². The van der Waals surface area contributed by atoms with Crippen LogP contribution >= 0.6 is 11.6 Å². The second kappa shape index (κ2) is 8.15. The molecule has 1 amide bonds. The van der Waals surface area contributed by atoms with E-state index in [2.05, 4.69) is 11.9 Å². The van der Waals surface area contributed by atoms with Crippen LogP contribution in [0.25, 0.3) is 0 Å². The number of rotatable bonds is 5. The van der Waals surface area contributed by atoms with Gasteiger partial charge in [-0.25, -0.2) is 4.79 Å². The van der Waals surface area contributed by atoms with Gasteiger partial charge in [-0.2, -0.15) is 0 Å². The molecule has 2 N–H and O–H groups in total. The number of amides is 1. The molecule has 3 aromatic rings. The molecule has 6 rings (SSSR count). The number of aliphatic carboxylic acids is 1. The summed E-state index contributed by atoms with van der Waals surface area (Å²) in [4.78, 5) is 39.2. The maximum atomic E-state index is 13.7. The lowest BCUT2D eigenvalue weighted by Crippen LogP contribution is -2.59. The molecule has 0 saturated heterocycles. The van der Waals surface area contributed by atoms with Gasteiger partial charge in [-0.15, -0.1) is 0 Å². The average Bonchev–Trinajstić information content (AvgIpc) is 2.84. The van der Waals surface area contributed by atoms with Crippen molar-refractivity contribution in [1.29, 1.82) is 0 Å². The van der Waals surface area contributed by atoms with E-state index in [0.717, 1.165) is 11.6 Å². The fourth-order valence-corrected chi connectivity index (χ4v) is 5.63. The Kier molecular flexibility index (Phi) is 5.25. The molecule has 4 unspecified atom stereocenters. The van der Waals surface area contributed by atoms with Crippen LogP contribution in [0.3, 0.4) is 0 Å². The fourth-order valence-electron chi connectivity index (χ4n) is 5.46. The normalized spacial score (nSPS) is 23.9. The molecule has 0 aromatic heterocycles. The van der Waals surface area contributed by atoms with E-state index in [0.29, 0.717) is 27.4 Å². The van der Waals surface area contributed by atoms with Crippen LogP contribution in [0.2, 0.25) is 5.02 Å². The van der Waals surface area contributed by atoms with E-state index in [1.165, 1.54) is 0 Å². The number of anilines is 1. The molecule has 2 bridgehead atoms. The van der Waals surface area contributed by atoms with Crippen LogP contribution in [0.15, 0.2) is 85.5 Å². The number of esters is 1. The minimum Gasteiger partial charge on any atom is -0.481 e. The predicted octanol–water partition coefficient (Wildman–Crippen LogP) is 4.73. The first-order valence-electron chi connectivity index (χ1n) is 10.7. The molecule has 0 radical (unpaired) electrons. The van der Waals surface area contributed by atoms with E-state index in [1.54, 1.807) is 54.6 Å². The first-order chi connectivity index (χ1) is 16.4. The summed E-state index contributed by atoms with van der Waals surface area (Å²) in [5.74, 6) is -5.55. The number of carbonyl (C=O) groups is 3. The van der Waals surface area contributed by atoms with Crippen molar-refractivity contribution in [2.45, 2.75) is 11.5 Å². The average molecular weight is 474 g/mol. The molecule has 7 heteroatoms. The second-order valence-electron chi connectivity index (χ2n) is 8.35. The molecule has 4 atom stereocenters. The largest absolute Gasteiger partial charge is 0.481 e. The lowest BCUT2D eigenvalue weighted by molar-refractivity contribution is -0.176. The number of nitrogens with one attached hydrogen (secondary N) is 1. The fraction of sp³-hybridized carbons (Fsp3) is 0.148. The molecular weight excluding hydrogens is 454 g/mol. The minimum atomic E-state index is -1.76. The van der Waals surface area contributed by atoms with Crippen molar-refractivity contribution in [2.24, 2.45) is 11.8 Å². The number of carboxylic acids is 1. The Morgan fingerprint density at radius 2 is 1.65 bits per heavy atom. The van der Waals surface area contributed by atoms with Gasteiger partial charge in [0.2, 0.25) is 5.91 Å². The van der Waals surface area contributed by atoms with Gasteiger partial charge in [-0.3, -0.25) is 9.59 Å². The number of carboxylic acid groups (broad SMARTS) is 1. The molecule has 6 nitrogen and oxygen atoms in total. The number of ether oxygens (including phenoxy) is 1. The summed E-state index contributed by atoms with van der Waals surface area (Å²) in [6.07, 6.45) is 0.986. The summed E-state index contributed by atoms with van der Waals surface area (Å²) < 4.78 is 5.95. The van der Waals surface area contributed by atoms with Crippen LogP contribution in [-0.4, -0.2) is 23.0 Å². The van der Waals surface area contributed by atoms with Gasteiger partial charge in [0.15, 0.2) is 5.60 Å². The topological polar surface area (TPSA) is 92.7 Å². The van der Waals surface area contributed by atoms with E-state index >= 15 is 0 Å². The van der Waals surface area contributed by atoms with Gasteiger partial charge < -0.3 is 15.2 Å². The SMILES string of the molecule is C=CC(=O)OC12c3ccccc3C(c3ccc(Cl)cc31)C(C(=O)Nc1ccccc1)C2C(=O)O. The smallest absolute Gasteiger partial charge is 0.331 e. The highest BCUT2D eigenvalue weighted by atomic mass is 35.5. The predicted molar refractivity (Wildman–Crippen MR) is 126 cm³/mol. The van der Waals surface area contributed by atoms with E-state index in [9.17, 15) is 19.5 Å². The molecule has 0 aliphatic heterocycles. The monoisotopic (exact) mass is 473 g/mol. The standard InChI is InChI=1S/C27H20ClNO5/c1-2-21(30)34-27-19-11-7-6-10-17(19)22(18-13-12-15(28)14-20(18)27)23(24(27)26(32)33)25(31)29-16-8-4-3-5-9-16/h2-14,22-24H,1H2,(H,29,31)(H,32,33). The summed E-state index contributed by atoms with van der Waals surface area (Å²) in [6.45, 7) is 3.49. The summed E-state index contributed by atoms with van der Waals surface area (Å²) in [5.41, 5.74) is 1.21. The number of para-hydroxylation sites is 1. The van der Waals surface area contributed by atoms with E-state index in [-0.39, 0.29) is 0 Å². The zero-order chi connectivity index (χ0) is 24.0. The van der Waals surface area contributed by atoms with Crippen molar-refractivity contribution in [3.05, 3.63) is 113 Å². The molecule has 0 fully saturated rings. The van der Waals surface area contributed by atoms with Crippen molar-refractivity contribution in [3.63, 3.8) is 0 Å². The third-order valence-electron chi connectivity index (χ3n) is 6.64. The minimum absolute atomic E-state index is 0.368. The maximum absolute atomic E-state index is 13.7. The van der Waals surface area contributed by atoms with Gasteiger partial charge >= 0.3 is 11.9 Å². The van der Waals surface area contributed by atoms with Crippen LogP contribution in [0.5, 0.6) is 0 Å². The highest BCUT2D eigenvalue weighted by molar-refractivity contribution is 6.30. The van der Waals surface area contributed by atoms with E-state index < -0.39 is 41.2 Å². The summed E-state index contributed by atoms with van der Waals surface area (Å²) in [5, 5.41) is 13.7. The number of hydrogen-bond acceptors (Lipinski definition) is 4. The zero-order valence-corrected chi connectivity index (χ0v) is 18.7. The highest BCUT2D eigenvalue weighted by Crippen LogP contribution is 2.62. The number of halogens is 1. The van der Waals surface area contributed by atoms with Crippen LogP contribution in [0.4, 0.5) is 5.69 Å². The van der Waals surface area contributed by atoms with E-state index in [4.69, 9.17) is 16.3 Å². The molecule has 3 aliphatic carbocycles. The van der Waals surface area contributed by atoms with Crippen LogP contribution in [0, 0.1) is 11.8 Å². The molecule has 3 aromatic carbocycles. The van der Waals surface area contributed by atoms with Crippen LogP contribution < -0.4 is 5.32 Å². The summed E-state index contributed by atoms with van der Waals surface area (Å²) in [6, 6.07) is 21.1. The van der Waals surface area contributed by atoms with Gasteiger partial charge in [-0.05, 0) is 35.4 Å². The Morgan fingerprint density at radius 1 is 0.971 bits per heavy atom. The van der Waals surface area contributed by atoms with Crippen molar-refractivity contribution < 1.29 is 24.2 Å². The van der Waals surface area contributed by atoms with E-state index in [1.807, 2.05) is 18.2 Å². The highest BCUT2D eigenvalue weighted by Gasteiger charge is 2.66. The molecular formula is C27H20ClNO5. The van der Waals surface area contributed by atoms with Gasteiger partial charge in [0.05, 0.1) is 5.92 Å². The van der Waals surface area contributed by atoms with Crippen LogP contribution in [-0.2, 0) is 24.7 Å². The first kappa shape index (κ1) is 21.9. The number of carbonyl (C=O) groups excluding carboxylic acids is 2. The number of hydrogen-bond donors (Lipinski definition) is 2. The first-order valence-corrected chi connectivity index (χ1v) is 11.1. The molecule has 0 heterocycles. The van der Waals surface area contributed by atoms with Crippen molar-refractivity contribution in [1.82, 2.24) is 0 Å². The third kappa shape index (κ3) is 3.14. The molecule has 0 spiro atoms. The number of fused-ring (bicyclic) bond motifs is 1. The Balaban J connectivity index is 1.80. The quantitative estimate of drug-likeness (QED) is 0.413. The van der Waals surface area contributed by atoms with Crippen LogP contribution in [0.1, 0.15) is 28.2 Å². The van der Waals surface area contributed by atoms with Crippen molar-refractivity contribution >= 4 is 35.1 Å². The summed E-state index contributed by atoms with van der Waals surface area (Å²) >= 11 is 6.32. The summed E-state index contributed by atoms with van der Waals surface area (Å²) in [7, 11) is 0. The Morgan fingerprint density at radius 3 is 2.35 bits per heavy atom. The maximum Gasteiger partial charge on any atom is 0.331 e. The lowest BCUT2D eigenvalue weighted by atomic mass is 9.51. The van der Waals surface area contributed by atoms with Gasteiger partial charge in [0.25, 0.3) is 0 Å². The Bertz CT molecular complexity index is 1340. The van der Waals surface area contributed by atoms with Crippen molar-refractivity contribution in [3.8, 4) is 0 Å². The van der Waals surface area contributed by atoms with Gasteiger partial charge in [0, 0.05) is 33.8 Å². The zero-order valence-electron chi connectivity index (χ0n) is 17.9. The van der Waals surface area contributed by atoms with Gasteiger partial charge in [-0.1, -0.05) is 66.7 Å². The Labute approximate surface area is 200 Å². The second-order valence-corrected chi connectivity index (χ2v) is 8.79. The lowest BCUT2D eigenvalue weighted by Gasteiger charge is -2.54. The Hall–Kier alpha value is -3.90. The molecule has 0 saturated carbocycles. The third-order valence-corrected chi connectivity index (χ3v) is 6.88. The molecule has 34 heavy (non-hydrogen) atoms. The number of benzene rings is 3. The van der Waals surface area contributed by atoms with Crippen molar-refractivity contribution in [2.75, 3.05) is 5.32 Å².